The maximum atomic E-state index is 4.87. The summed E-state index contributed by atoms with van der Waals surface area (Å²) in [6.45, 7) is 6.56. The Kier molecular flexibility index (Phi) is 4.18. The molecule has 1 fully saturated rings. The topological polar surface area (TPSA) is 24.9 Å². The predicted octanol–water partition coefficient (Wildman–Crippen LogP) is 4.43. The van der Waals surface area contributed by atoms with E-state index in [1.807, 2.05) is 11.3 Å². The lowest BCUT2D eigenvalue weighted by Gasteiger charge is -2.04. The van der Waals surface area contributed by atoms with Crippen molar-refractivity contribution in [3.8, 4) is 11.3 Å². The summed E-state index contributed by atoms with van der Waals surface area (Å²) in [7, 11) is 0. The van der Waals surface area contributed by atoms with Crippen molar-refractivity contribution in [3.05, 3.63) is 40.2 Å². The molecule has 3 heteroatoms. The van der Waals surface area contributed by atoms with Gasteiger partial charge in [-0.25, -0.2) is 4.98 Å². The molecule has 106 valence electrons. The first-order valence-corrected chi connectivity index (χ1v) is 8.31. The molecule has 0 atom stereocenters. The van der Waals surface area contributed by atoms with Gasteiger partial charge in [0.1, 0.15) is 5.01 Å². The maximum absolute atomic E-state index is 4.87. The summed E-state index contributed by atoms with van der Waals surface area (Å²) in [6, 6.07) is 10.5. The van der Waals surface area contributed by atoms with Crippen molar-refractivity contribution < 1.29 is 0 Å². The zero-order valence-electron chi connectivity index (χ0n) is 12.2. The summed E-state index contributed by atoms with van der Waals surface area (Å²) in [4.78, 5) is 6.28. The Bertz CT molecular complexity index is 556. The number of aromatic nitrogens is 1. The van der Waals surface area contributed by atoms with Gasteiger partial charge in [0.05, 0.1) is 5.69 Å². The SMILES string of the molecule is CC(C)c1sc(CNCC2CC2)nc1-c1ccccc1. The van der Waals surface area contributed by atoms with Gasteiger partial charge in [-0.1, -0.05) is 44.2 Å². The second-order valence-corrected chi connectivity index (χ2v) is 7.03. The van der Waals surface area contributed by atoms with E-state index in [0.29, 0.717) is 5.92 Å². The molecule has 1 aliphatic rings. The summed E-state index contributed by atoms with van der Waals surface area (Å²) in [6.07, 6.45) is 2.80. The third-order valence-corrected chi connectivity index (χ3v) is 5.03. The molecule has 1 aliphatic carbocycles. The van der Waals surface area contributed by atoms with E-state index in [9.17, 15) is 0 Å². The minimum atomic E-state index is 0.528. The molecule has 0 unspecified atom stereocenters. The summed E-state index contributed by atoms with van der Waals surface area (Å²) in [5, 5.41) is 4.76. The third-order valence-electron chi connectivity index (χ3n) is 3.68. The number of hydrogen-bond acceptors (Lipinski definition) is 3. The van der Waals surface area contributed by atoms with Crippen LogP contribution in [0, 0.1) is 5.92 Å². The lowest BCUT2D eigenvalue weighted by Crippen LogP contribution is -2.15. The van der Waals surface area contributed by atoms with Crippen LogP contribution in [0.3, 0.4) is 0 Å². The van der Waals surface area contributed by atoms with E-state index in [-0.39, 0.29) is 0 Å². The van der Waals surface area contributed by atoms with Crippen LogP contribution in [0.1, 0.15) is 42.5 Å². The van der Waals surface area contributed by atoms with Crippen LogP contribution in [0.5, 0.6) is 0 Å². The Balaban J connectivity index is 1.78. The lowest BCUT2D eigenvalue weighted by atomic mass is 10.1. The van der Waals surface area contributed by atoms with E-state index in [1.54, 1.807) is 0 Å². The minimum Gasteiger partial charge on any atom is -0.310 e. The molecule has 0 aliphatic heterocycles. The van der Waals surface area contributed by atoms with Crippen LogP contribution in [-0.4, -0.2) is 11.5 Å². The van der Waals surface area contributed by atoms with Gasteiger partial charge >= 0.3 is 0 Å². The second kappa shape index (κ2) is 6.06. The van der Waals surface area contributed by atoms with E-state index in [1.165, 1.54) is 34.0 Å². The van der Waals surface area contributed by atoms with Crippen molar-refractivity contribution in [1.82, 2.24) is 10.3 Å². The molecule has 3 rings (SSSR count). The number of hydrogen-bond donors (Lipinski definition) is 1. The van der Waals surface area contributed by atoms with Crippen LogP contribution < -0.4 is 5.32 Å². The van der Waals surface area contributed by atoms with Crippen molar-refractivity contribution in [2.45, 2.75) is 39.2 Å². The van der Waals surface area contributed by atoms with Gasteiger partial charge in [-0.3, -0.25) is 0 Å². The molecule has 0 amide bonds. The molecular formula is C17H22N2S. The highest BCUT2D eigenvalue weighted by Gasteiger charge is 2.21. The quantitative estimate of drug-likeness (QED) is 0.849. The second-order valence-electron chi connectivity index (χ2n) is 5.92. The smallest absolute Gasteiger partial charge is 0.107 e. The van der Waals surface area contributed by atoms with Gasteiger partial charge in [0.15, 0.2) is 0 Å². The Morgan fingerprint density at radius 3 is 2.65 bits per heavy atom. The molecule has 0 saturated heterocycles. The molecule has 0 radical (unpaired) electrons. The third kappa shape index (κ3) is 3.28. The highest BCUT2D eigenvalue weighted by molar-refractivity contribution is 7.12. The monoisotopic (exact) mass is 286 g/mol. The fourth-order valence-corrected chi connectivity index (χ4v) is 3.41. The van der Waals surface area contributed by atoms with Crippen LogP contribution in [0.15, 0.2) is 30.3 Å². The Morgan fingerprint density at radius 2 is 2.00 bits per heavy atom. The zero-order valence-corrected chi connectivity index (χ0v) is 13.0. The number of rotatable bonds is 6. The summed E-state index contributed by atoms with van der Waals surface area (Å²) >= 11 is 1.86. The van der Waals surface area contributed by atoms with Gasteiger partial charge in [0.25, 0.3) is 0 Å². The number of nitrogens with zero attached hydrogens (tertiary/aromatic N) is 1. The number of nitrogens with one attached hydrogen (secondary N) is 1. The van der Waals surface area contributed by atoms with E-state index >= 15 is 0 Å². The molecule has 1 N–H and O–H groups in total. The number of benzene rings is 1. The molecule has 0 bridgehead atoms. The predicted molar refractivity (Wildman–Crippen MR) is 86.1 cm³/mol. The highest BCUT2D eigenvalue weighted by Crippen LogP contribution is 2.34. The first-order chi connectivity index (χ1) is 9.74. The maximum Gasteiger partial charge on any atom is 0.107 e. The van der Waals surface area contributed by atoms with Crippen LogP contribution in [0.4, 0.5) is 0 Å². The summed E-state index contributed by atoms with van der Waals surface area (Å²) in [5.41, 5.74) is 2.41. The average Bonchev–Trinajstić information content (AvgIpc) is 3.17. The molecular weight excluding hydrogens is 264 g/mol. The fraction of sp³-hybridized carbons (Fsp3) is 0.471. The molecule has 0 spiro atoms. The lowest BCUT2D eigenvalue weighted by molar-refractivity contribution is 0.637. The van der Waals surface area contributed by atoms with Crippen molar-refractivity contribution in [3.63, 3.8) is 0 Å². The van der Waals surface area contributed by atoms with Crippen molar-refractivity contribution in [2.75, 3.05) is 6.54 Å². The van der Waals surface area contributed by atoms with Gasteiger partial charge in [0, 0.05) is 17.0 Å². The highest BCUT2D eigenvalue weighted by atomic mass is 32.1. The standard InChI is InChI=1S/C17H22N2S/c1-12(2)17-16(14-6-4-3-5-7-14)19-15(20-17)11-18-10-13-8-9-13/h3-7,12-13,18H,8-11H2,1-2H3. The molecule has 1 saturated carbocycles. The van der Waals surface area contributed by atoms with Crippen LogP contribution in [0.25, 0.3) is 11.3 Å². The largest absolute Gasteiger partial charge is 0.310 e. The average molecular weight is 286 g/mol. The molecule has 2 nitrogen and oxygen atoms in total. The molecule has 1 heterocycles. The molecule has 1 aromatic carbocycles. The summed E-state index contributed by atoms with van der Waals surface area (Å²) in [5.74, 6) is 1.45. The van der Waals surface area contributed by atoms with Gasteiger partial charge in [-0.2, -0.15) is 0 Å². The van der Waals surface area contributed by atoms with Crippen molar-refractivity contribution >= 4 is 11.3 Å². The molecule has 1 aromatic heterocycles. The van der Waals surface area contributed by atoms with E-state index < -0.39 is 0 Å². The minimum absolute atomic E-state index is 0.528. The molecule has 20 heavy (non-hydrogen) atoms. The Labute approximate surface area is 125 Å². The van der Waals surface area contributed by atoms with Gasteiger partial charge in [-0.15, -0.1) is 11.3 Å². The first-order valence-electron chi connectivity index (χ1n) is 7.49. The van der Waals surface area contributed by atoms with Crippen LogP contribution >= 0.6 is 11.3 Å². The molecule has 2 aromatic rings. The van der Waals surface area contributed by atoms with Gasteiger partial charge in [0.2, 0.25) is 0 Å². The summed E-state index contributed by atoms with van der Waals surface area (Å²) < 4.78 is 0. The van der Waals surface area contributed by atoms with Crippen LogP contribution in [0.2, 0.25) is 0 Å². The Morgan fingerprint density at radius 1 is 1.25 bits per heavy atom. The van der Waals surface area contributed by atoms with Crippen LogP contribution in [-0.2, 0) is 6.54 Å². The van der Waals surface area contributed by atoms with Crippen molar-refractivity contribution in [2.24, 2.45) is 5.92 Å². The van der Waals surface area contributed by atoms with Gasteiger partial charge < -0.3 is 5.32 Å². The number of thiazole rings is 1. The van der Waals surface area contributed by atoms with E-state index in [0.717, 1.165) is 19.0 Å². The van der Waals surface area contributed by atoms with E-state index in [4.69, 9.17) is 4.98 Å². The first kappa shape index (κ1) is 13.8. The van der Waals surface area contributed by atoms with Crippen molar-refractivity contribution in [1.29, 1.82) is 0 Å². The zero-order chi connectivity index (χ0) is 13.9. The van der Waals surface area contributed by atoms with Gasteiger partial charge in [-0.05, 0) is 31.2 Å². The fourth-order valence-electron chi connectivity index (χ4n) is 2.35. The normalized spacial score (nSPS) is 14.9. The Hall–Kier alpha value is -1.19. The van der Waals surface area contributed by atoms with E-state index in [2.05, 4.69) is 49.5 Å².